The minimum atomic E-state index is -2.52. The van der Waals surface area contributed by atoms with Crippen LogP contribution in [0.15, 0.2) is 0 Å². The van der Waals surface area contributed by atoms with Crippen LogP contribution in [0.25, 0.3) is 0 Å². The average Bonchev–Trinajstić information content (AvgIpc) is 2.30. The highest BCUT2D eigenvalue weighted by Crippen LogP contribution is 2.52. The summed E-state index contributed by atoms with van der Waals surface area (Å²) in [4.78, 5) is 0. The van der Waals surface area contributed by atoms with E-state index in [1.807, 2.05) is 0 Å². The molecule has 0 saturated heterocycles. The normalized spacial score (nSPS) is 13.8. The van der Waals surface area contributed by atoms with Crippen LogP contribution in [0.4, 0.5) is 0 Å². The van der Waals surface area contributed by atoms with Gasteiger partial charge in [0.2, 0.25) is 0 Å². The van der Waals surface area contributed by atoms with Gasteiger partial charge in [0.1, 0.15) is 0 Å². The van der Waals surface area contributed by atoms with E-state index < -0.39 is 12.3 Å². The van der Waals surface area contributed by atoms with Gasteiger partial charge < -0.3 is 15.3 Å². The van der Waals surface area contributed by atoms with Crippen molar-refractivity contribution in [1.29, 1.82) is 0 Å². The van der Waals surface area contributed by atoms with Gasteiger partial charge in [-0.05, 0) is 12.6 Å². The minimum Gasteiger partial charge on any atom is -0.340 e. The molecule has 3 N–H and O–H groups in total. The van der Waals surface area contributed by atoms with Gasteiger partial charge in [0, 0.05) is 0 Å². The standard InChI is InChI=1S/C13H28BrO3P/c1-2-3-4-5-6-7-8-9-10-11-12-18(14)13(15,16)17/h15-17H,2-12H2,1H3. The van der Waals surface area contributed by atoms with E-state index in [0.717, 1.165) is 12.8 Å². The van der Waals surface area contributed by atoms with Crippen LogP contribution in [0.5, 0.6) is 0 Å². The zero-order chi connectivity index (χ0) is 13.9. The van der Waals surface area contributed by atoms with E-state index in [-0.39, 0.29) is 0 Å². The Morgan fingerprint density at radius 3 is 1.56 bits per heavy atom. The molecule has 5 heteroatoms. The third kappa shape index (κ3) is 11.9. The van der Waals surface area contributed by atoms with E-state index in [2.05, 4.69) is 22.4 Å². The van der Waals surface area contributed by atoms with Crippen LogP contribution in [-0.2, 0) is 0 Å². The lowest BCUT2D eigenvalue weighted by Gasteiger charge is -2.20. The van der Waals surface area contributed by atoms with Gasteiger partial charge in [-0.25, -0.2) is 0 Å². The van der Waals surface area contributed by atoms with E-state index >= 15 is 0 Å². The molecule has 1 unspecified atom stereocenters. The first-order valence-electron chi connectivity index (χ1n) is 7.09. The molecule has 0 radical (unpaired) electrons. The zero-order valence-corrected chi connectivity index (χ0v) is 13.9. The second kappa shape index (κ2) is 11.6. The Bertz CT molecular complexity index is 186. The van der Waals surface area contributed by atoms with Crippen LogP contribution in [0.3, 0.4) is 0 Å². The Hall–Kier alpha value is 0.790. The maximum absolute atomic E-state index is 8.92. The first-order valence-corrected chi connectivity index (χ1v) is 10.6. The third-order valence-electron chi connectivity index (χ3n) is 3.03. The molecule has 18 heavy (non-hydrogen) atoms. The molecule has 0 spiro atoms. The van der Waals surface area contributed by atoms with Crippen LogP contribution in [0.2, 0.25) is 0 Å². The fourth-order valence-electron chi connectivity index (χ4n) is 1.89. The number of aliphatic hydroxyl groups is 3. The molecular weight excluding hydrogens is 315 g/mol. The van der Waals surface area contributed by atoms with Gasteiger partial charge in [0.05, 0.1) is 6.62 Å². The highest BCUT2D eigenvalue weighted by atomic mass is 79.9. The van der Waals surface area contributed by atoms with Gasteiger partial charge in [-0.1, -0.05) is 80.2 Å². The molecule has 0 saturated carbocycles. The summed E-state index contributed by atoms with van der Waals surface area (Å²) >= 11 is 3.13. The van der Waals surface area contributed by atoms with Crippen molar-refractivity contribution < 1.29 is 15.3 Å². The molecule has 0 aliphatic carbocycles. The Balaban J connectivity index is 3.17. The summed E-state index contributed by atoms with van der Waals surface area (Å²) in [5, 5.41) is 26.8. The van der Waals surface area contributed by atoms with Crippen molar-refractivity contribution in [3.63, 3.8) is 0 Å². The van der Waals surface area contributed by atoms with Crippen molar-refractivity contribution >= 4 is 22.1 Å². The number of rotatable bonds is 12. The first kappa shape index (κ1) is 18.8. The predicted octanol–water partition coefficient (Wildman–Crippen LogP) is 4.29. The summed E-state index contributed by atoms with van der Waals surface area (Å²) in [5.74, 6) is 0. The molecule has 3 nitrogen and oxygen atoms in total. The molecule has 0 aromatic heterocycles. The minimum absolute atomic E-state index is 0.648. The largest absolute Gasteiger partial charge is 0.340 e. The van der Waals surface area contributed by atoms with Crippen molar-refractivity contribution in [2.24, 2.45) is 0 Å². The summed E-state index contributed by atoms with van der Waals surface area (Å²) in [6.45, 7) is 0.958. The molecule has 0 rings (SSSR count). The van der Waals surface area contributed by atoms with Crippen LogP contribution in [0, 0.1) is 0 Å². The molecule has 0 heterocycles. The molecule has 0 aromatic carbocycles. The average molecular weight is 343 g/mol. The van der Waals surface area contributed by atoms with E-state index in [9.17, 15) is 0 Å². The second-order valence-corrected chi connectivity index (χ2v) is 9.21. The lowest BCUT2D eigenvalue weighted by atomic mass is 10.1. The SMILES string of the molecule is CCCCCCCCCCCCP(Br)C(O)(O)O. The van der Waals surface area contributed by atoms with Crippen LogP contribution in [-0.4, -0.2) is 27.2 Å². The van der Waals surface area contributed by atoms with Gasteiger partial charge in [0.15, 0.2) is 0 Å². The molecule has 0 aliphatic heterocycles. The maximum Gasteiger partial charge on any atom is 0.304 e. The van der Waals surface area contributed by atoms with E-state index in [0.29, 0.717) is 6.16 Å². The summed E-state index contributed by atoms with van der Waals surface area (Å²) in [6.07, 6.45) is 13.2. The van der Waals surface area contributed by atoms with Crippen molar-refractivity contribution in [3.8, 4) is 0 Å². The van der Waals surface area contributed by atoms with Crippen molar-refractivity contribution in [3.05, 3.63) is 0 Å². The molecule has 0 bridgehead atoms. The van der Waals surface area contributed by atoms with Gasteiger partial charge in [0.25, 0.3) is 0 Å². The molecular formula is C13H28BrO3P. The number of halogens is 1. The molecule has 0 aliphatic rings. The highest BCUT2D eigenvalue weighted by Gasteiger charge is 2.28. The van der Waals surface area contributed by atoms with E-state index in [1.165, 1.54) is 51.4 Å². The molecule has 0 aromatic rings. The third-order valence-corrected chi connectivity index (χ3v) is 6.88. The van der Waals surface area contributed by atoms with Crippen LogP contribution >= 0.6 is 22.1 Å². The number of hydrogen-bond donors (Lipinski definition) is 3. The maximum atomic E-state index is 8.92. The van der Waals surface area contributed by atoms with E-state index in [1.54, 1.807) is 0 Å². The Kier molecular flexibility index (Phi) is 12.1. The number of unbranched alkanes of at least 4 members (excludes halogenated alkanes) is 9. The smallest absolute Gasteiger partial charge is 0.304 e. The van der Waals surface area contributed by atoms with Crippen molar-refractivity contribution in [1.82, 2.24) is 0 Å². The van der Waals surface area contributed by atoms with Gasteiger partial charge in [-0.2, -0.15) is 0 Å². The van der Waals surface area contributed by atoms with E-state index in [4.69, 9.17) is 15.3 Å². The topological polar surface area (TPSA) is 60.7 Å². The summed E-state index contributed by atoms with van der Waals surface area (Å²) < 4.78 is 0. The summed E-state index contributed by atoms with van der Waals surface area (Å²) in [7, 11) is 0. The Labute approximate surface area is 120 Å². The Morgan fingerprint density at radius 1 is 0.778 bits per heavy atom. The first-order chi connectivity index (χ1) is 8.48. The fourth-order valence-corrected chi connectivity index (χ4v) is 3.44. The summed E-state index contributed by atoms with van der Waals surface area (Å²) in [5.41, 5.74) is -2.52. The highest BCUT2D eigenvalue weighted by molar-refractivity contribution is 9.39. The van der Waals surface area contributed by atoms with Gasteiger partial charge in [-0.15, -0.1) is 0 Å². The second-order valence-electron chi connectivity index (χ2n) is 4.87. The molecule has 110 valence electrons. The summed E-state index contributed by atoms with van der Waals surface area (Å²) in [6, 6.07) is 0. The predicted molar refractivity (Wildman–Crippen MR) is 81.9 cm³/mol. The zero-order valence-electron chi connectivity index (χ0n) is 11.4. The van der Waals surface area contributed by atoms with Gasteiger partial charge >= 0.3 is 5.71 Å². The monoisotopic (exact) mass is 342 g/mol. The molecule has 1 atom stereocenters. The van der Waals surface area contributed by atoms with Gasteiger partial charge in [-0.3, -0.25) is 0 Å². The quantitative estimate of drug-likeness (QED) is 0.281. The lowest BCUT2D eigenvalue weighted by Crippen LogP contribution is -2.23. The lowest BCUT2D eigenvalue weighted by molar-refractivity contribution is -0.238. The fraction of sp³-hybridized carbons (Fsp3) is 1.00. The van der Waals surface area contributed by atoms with Crippen molar-refractivity contribution in [2.45, 2.75) is 76.8 Å². The van der Waals surface area contributed by atoms with Crippen molar-refractivity contribution in [2.75, 3.05) is 6.16 Å². The number of hydrogen-bond acceptors (Lipinski definition) is 3. The molecule has 0 amide bonds. The van der Waals surface area contributed by atoms with Crippen LogP contribution < -0.4 is 0 Å². The van der Waals surface area contributed by atoms with Crippen LogP contribution in [0.1, 0.15) is 71.1 Å². The Morgan fingerprint density at radius 2 is 1.17 bits per heavy atom. The molecule has 0 fully saturated rings.